The first-order chi connectivity index (χ1) is 10.6. The number of amides is 1. The molecule has 0 heterocycles. The van der Waals surface area contributed by atoms with Crippen LogP contribution in [0.1, 0.15) is 25.5 Å². The summed E-state index contributed by atoms with van der Waals surface area (Å²) in [6.45, 7) is 3.86. The van der Waals surface area contributed by atoms with E-state index in [1.807, 2.05) is 44.2 Å². The van der Waals surface area contributed by atoms with E-state index in [0.717, 1.165) is 5.56 Å². The minimum atomic E-state index is -0.473. The van der Waals surface area contributed by atoms with Crippen LogP contribution in [0.3, 0.4) is 0 Å². The van der Waals surface area contributed by atoms with Crippen LogP contribution in [0.2, 0.25) is 0 Å². The maximum atomic E-state index is 13.4. The molecule has 0 aliphatic heterocycles. The summed E-state index contributed by atoms with van der Waals surface area (Å²) in [6.07, 6.45) is 0. The summed E-state index contributed by atoms with van der Waals surface area (Å²) in [5.41, 5.74) is 1.04. The summed E-state index contributed by atoms with van der Waals surface area (Å²) in [4.78, 5) is 12.1. The maximum absolute atomic E-state index is 13.4. The minimum absolute atomic E-state index is 0.0819. The number of benzene rings is 2. The van der Waals surface area contributed by atoms with E-state index in [4.69, 9.17) is 4.74 Å². The quantitative estimate of drug-likeness (QED) is 0.883. The average Bonchev–Trinajstić information content (AvgIpc) is 2.52. The van der Waals surface area contributed by atoms with Crippen molar-refractivity contribution in [2.45, 2.75) is 19.9 Å². The summed E-state index contributed by atoms with van der Waals surface area (Å²) in [5.74, 6) is -0.428. The Balaban J connectivity index is 1.96. The van der Waals surface area contributed by atoms with Gasteiger partial charge in [-0.2, -0.15) is 0 Å². The van der Waals surface area contributed by atoms with Crippen LogP contribution >= 0.6 is 0 Å². The fraction of sp³-hybridized carbons (Fsp3) is 0.278. The summed E-state index contributed by atoms with van der Waals surface area (Å²) in [7, 11) is 0. The van der Waals surface area contributed by atoms with Crippen molar-refractivity contribution >= 4 is 5.91 Å². The lowest BCUT2D eigenvalue weighted by molar-refractivity contribution is -0.124. The molecule has 1 N–H and O–H groups in total. The van der Waals surface area contributed by atoms with Gasteiger partial charge in [0.25, 0.3) is 5.91 Å². The third-order valence-electron chi connectivity index (χ3n) is 3.34. The van der Waals surface area contributed by atoms with Gasteiger partial charge in [-0.15, -0.1) is 0 Å². The second-order valence-electron chi connectivity index (χ2n) is 5.42. The lowest BCUT2D eigenvalue weighted by atomic mass is 9.96. The molecule has 0 fully saturated rings. The van der Waals surface area contributed by atoms with Crippen molar-refractivity contribution in [2.24, 2.45) is 5.92 Å². The Labute approximate surface area is 130 Å². The lowest BCUT2D eigenvalue weighted by Gasteiger charge is -2.23. The van der Waals surface area contributed by atoms with Crippen LogP contribution in [0, 0.1) is 11.7 Å². The topological polar surface area (TPSA) is 38.3 Å². The third-order valence-corrected chi connectivity index (χ3v) is 3.34. The van der Waals surface area contributed by atoms with E-state index in [2.05, 4.69) is 5.32 Å². The first-order valence-corrected chi connectivity index (χ1v) is 7.29. The standard InChI is InChI=1S/C18H20FNO2/c1-13(2)18(14-8-4-3-5-9-14)20-17(21)12-22-16-11-7-6-10-15(16)19/h3-11,13,18H,12H2,1-2H3,(H,20,21)/t18-/m0/s1. The second kappa shape index (κ2) is 7.59. The molecule has 0 unspecified atom stereocenters. The molecule has 0 radical (unpaired) electrons. The van der Waals surface area contributed by atoms with Crippen LogP contribution in [0.15, 0.2) is 54.6 Å². The zero-order valence-electron chi connectivity index (χ0n) is 12.8. The number of nitrogens with one attached hydrogen (secondary N) is 1. The summed E-state index contributed by atoms with van der Waals surface area (Å²) >= 11 is 0. The first-order valence-electron chi connectivity index (χ1n) is 7.29. The van der Waals surface area contributed by atoms with Gasteiger partial charge in [0.15, 0.2) is 18.2 Å². The molecule has 0 spiro atoms. The van der Waals surface area contributed by atoms with Crippen LogP contribution in [0.4, 0.5) is 4.39 Å². The van der Waals surface area contributed by atoms with Gasteiger partial charge in [0.1, 0.15) is 0 Å². The Morgan fingerprint density at radius 1 is 1.09 bits per heavy atom. The van der Waals surface area contributed by atoms with Crippen LogP contribution < -0.4 is 10.1 Å². The van der Waals surface area contributed by atoms with Gasteiger partial charge in [0.2, 0.25) is 0 Å². The number of para-hydroxylation sites is 1. The summed E-state index contributed by atoms with van der Waals surface area (Å²) in [5, 5.41) is 2.94. The molecular weight excluding hydrogens is 281 g/mol. The molecule has 0 saturated carbocycles. The lowest BCUT2D eigenvalue weighted by Crippen LogP contribution is -2.35. The molecular formula is C18H20FNO2. The summed E-state index contributed by atoms with van der Waals surface area (Å²) < 4.78 is 18.7. The largest absolute Gasteiger partial charge is 0.481 e. The van der Waals surface area contributed by atoms with E-state index < -0.39 is 5.82 Å². The molecule has 1 amide bonds. The molecule has 2 aromatic carbocycles. The zero-order chi connectivity index (χ0) is 15.9. The highest BCUT2D eigenvalue weighted by molar-refractivity contribution is 5.78. The third kappa shape index (κ3) is 4.32. The van der Waals surface area contributed by atoms with Gasteiger partial charge < -0.3 is 10.1 Å². The molecule has 0 aliphatic carbocycles. The number of carbonyl (C=O) groups is 1. The normalized spacial score (nSPS) is 12.0. The van der Waals surface area contributed by atoms with Crippen molar-refractivity contribution < 1.29 is 13.9 Å². The van der Waals surface area contributed by atoms with Crippen molar-refractivity contribution in [2.75, 3.05) is 6.61 Å². The van der Waals surface area contributed by atoms with Crippen molar-refractivity contribution in [3.05, 3.63) is 66.0 Å². The van der Waals surface area contributed by atoms with Gasteiger partial charge in [-0.25, -0.2) is 4.39 Å². The molecule has 3 nitrogen and oxygen atoms in total. The molecule has 1 atom stereocenters. The molecule has 2 rings (SSSR count). The van der Waals surface area contributed by atoms with Crippen LogP contribution in [0.25, 0.3) is 0 Å². The van der Waals surface area contributed by atoms with Gasteiger partial charge in [0, 0.05) is 0 Å². The average molecular weight is 301 g/mol. The molecule has 0 aliphatic rings. The number of halogens is 1. The Bertz CT molecular complexity index is 613. The molecule has 2 aromatic rings. The van der Waals surface area contributed by atoms with Gasteiger partial charge >= 0.3 is 0 Å². The van der Waals surface area contributed by atoms with Gasteiger partial charge in [0.05, 0.1) is 6.04 Å². The fourth-order valence-electron chi connectivity index (χ4n) is 2.22. The first kappa shape index (κ1) is 16.0. The number of rotatable bonds is 6. The van der Waals surface area contributed by atoms with E-state index in [0.29, 0.717) is 0 Å². The highest BCUT2D eigenvalue weighted by Crippen LogP contribution is 2.21. The minimum Gasteiger partial charge on any atom is -0.481 e. The van der Waals surface area contributed by atoms with Crippen molar-refractivity contribution in [1.82, 2.24) is 5.32 Å². The number of hydrogen-bond donors (Lipinski definition) is 1. The van der Waals surface area contributed by atoms with E-state index in [9.17, 15) is 9.18 Å². The predicted octanol–water partition coefficient (Wildman–Crippen LogP) is 3.72. The SMILES string of the molecule is CC(C)[C@H](NC(=O)COc1ccccc1F)c1ccccc1. The van der Waals surface area contributed by atoms with Crippen LogP contribution in [-0.4, -0.2) is 12.5 Å². The molecule has 0 aromatic heterocycles. The second-order valence-corrected chi connectivity index (χ2v) is 5.42. The van der Waals surface area contributed by atoms with Crippen LogP contribution in [0.5, 0.6) is 5.75 Å². The fourth-order valence-corrected chi connectivity index (χ4v) is 2.22. The van der Waals surface area contributed by atoms with E-state index >= 15 is 0 Å². The zero-order valence-corrected chi connectivity index (χ0v) is 12.8. The molecule has 4 heteroatoms. The molecule has 116 valence electrons. The van der Waals surface area contributed by atoms with Crippen molar-refractivity contribution in [1.29, 1.82) is 0 Å². The Hall–Kier alpha value is -2.36. The van der Waals surface area contributed by atoms with Gasteiger partial charge in [-0.05, 0) is 23.6 Å². The van der Waals surface area contributed by atoms with Crippen molar-refractivity contribution in [3.8, 4) is 5.75 Å². The molecule has 0 saturated heterocycles. The van der Waals surface area contributed by atoms with E-state index in [1.54, 1.807) is 12.1 Å². The number of hydrogen-bond acceptors (Lipinski definition) is 2. The smallest absolute Gasteiger partial charge is 0.258 e. The van der Waals surface area contributed by atoms with Crippen LogP contribution in [-0.2, 0) is 4.79 Å². The highest BCUT2D eigenvalue weighted by atomic mass is 19.1. The molecule has 22 heavy (non-hydrogen) atoms. The summed E-state index contributed by atoms with van der Waals surface area (Å²) in [6, 6.07) is 15.7. The van der Waals surface area contributed by atoms with E-state index in [-0.39, 0.29) is 30.2 Å². The number of carbonyl (C=O) groups excluding carboxylic acids is 1. The Morgan fingerprint density at radius 3 is 2.36 bits per heavy atom. The predicted molar refractivity (Wildman–Crippen MR) is 84.1 cm³/mol. The van der Waals surface area contributed by atoms with E-state index in [1.165, 1.54) is 12.1 Å². The monoisotopic (exact) mass is 301 g/mol. The maximum Gasteiger partial charge on any atom is 0.258 e. The molecule has 0 bridgehead atoms. The Kier molecular flexibility index (Phi) is 5.53. The van der Waals surface area contributed by atoms with Gasteiger partial charge in [-0.3, -0.25) is 4.79 Å². The van der Waals surface area contributed by atoms with Crippen molar-refractivity contribution in [3.63, 3.8) is 0 Å². The van der Waals surface area contributed by atoms with Gasteiger partial charge in [-0.1, -0.05) is 56.3 Å². The number of ether oxygens (including phenoxy) is 1. The highest BCUT2D eigenvalue weighted by Gasteiger charge is 2.18. The Morgan fingerprint density at radius 2 is 1.73 bits per heavy atom.